The van der Waals surface area contributed by atoms with Crippen LogP contribution in [0.5, 0.6) is 0 Å². The fourth-order valence-electron chi connectivity index (χ4n) is 2.99. The summed E-state index contributed by atoms with van der Waals surface area (Å²) in [6, 6.07) is 7.18. The lowest BCUT2D eigenvalue weighted by molar-refractivity contribution is -0.117. The maximum absolute atomic E-state index is 12.2. The molecule has 24 heavy (non-hydrogen) atoms. The van der Waals surface area contributed by atoms with Gasteiger partial charge in [0.05, 0.1) is 24.6 Å². The molecule has 7 heteroatoms. The summed E-state index contributed by atoms with van der Waals surface area (Å²) in [4.78, 5) is 26.3. The number of hydrogen-bond donors (Lipinski definition) is 3. The summed E-state index contributed by atoms with van der Waals surface area (Å²) < 4.78 is 5.36. The van der Waals surface area contributed by atoms with Crippen LogP contribution in [0, 0.1) is 0 Å². The van der Waals surface area contributed by atoms with E-state index >= 15 is 0 Å². The standard InChI is InChI=1S/C17H24N4O3/c22-16(11-13-12-24-10-7-18-13)19-14-5-1-2-6-15(14)20-17(23)21-8-3-4-9-21/h1-2,5-6,13,18H,3-4,7-12H2,(H,19,22)(H,20,23). The quantitative estimate of drug-likeness (QED) is 0.783. The molecule has 7 nitrogen and oxygen atoms in total. The lowest BCUT2D eigenvalue weighted by Gasteiger charge is -2.23. The largest absolute Gasteiger partial charge is 0.378 e. The van der Waals surface area contributed by atoms with Crippen LogP contribution in [0.1, 0.15) is 19.3 Å². The van der Waals surface area contributed by atoms with Gasteiger partial charge in [0.15, 0.2) is 0 Å². The smallest absolute Gasteiger partial charge is 0.321 e. The fourth-order valence-corrected chi connectivity index (χ4v) is 2.99. The van der Waals surface area contributed by atoms with Crippen LogP contribution in [-0.4, -0.2) is 55.7 Å². The van der Waals surface area contributed by atoms with E-state index < -0.39 is 0 Å². The van der Waals surface area contributed by atoms with Crippen LogP contribution in [0.2, 0.25) is 0 Å². The van der Waals surface area contributed by atoms with Crippen molar-refractivity contribution in [3.63, 3.8) is 0 Å². The number of hydrogen-bond acceptors (Lipinski definition) is 4. The number of ether oxygens (including phenoxy) is 1. The Bertz CT molecular complexity index is 581. The first-order chi connectivity index (χ1) is 11.7. The zero-order valence-corrected chi connectivity index (χ0v) is 13.7. The van der Waals surface area contributed by atoms with E-state index in [0.717, 1.165) is 32.5 Å². The molecule has 1 atom stereocenters. The van der Waals surface area contributed by atoms with E-state index in [1.54, 1.807) is 17.0 Å². The maximum atomic E-state index is 12.2. The lowest BCUT2D eigenvalue weighted by atomic mass is 10.2. The van der Waals surface area contributed by atoms with Gasteiger partial charge in [0.25, 0.3) is 0 Å². The number of anilines is 2. The van der Waals surface area contributed by atoms with E-state index in [4.69, 9.17) is 4.74 Å². The van der Waals surface area contributed by atoms with Gasteiger partial charge in [-0.3, -0.25) is 4.79 Å². The number of amides is 3. The van der Waals surface area contributed by atoms with Gasteiger partial charge in [0.2, 0.25) is 5.91 Å². The minimum Gasteiger partial charge on any atom is -0.378 e. The molecule has 3 rings (SSSR count). The molecule has 0 radical (unpaired) electrons. The number of carbonyl (C=O) groups excluding carboxylic acids is 2. The number of likely N-dealkylation sites (tertiary alicyclic amines) is 1. The van der Waals surface area contributed by atoms with Crippen molar-refractivity contribution in [3.8, 4) is 0 Å². The van der Waals surface area contributed by atoms with Crippen molar-refractivity contribution < 1.29 is 14.3 Å². The second kappa shape index (κ2) is 8.12. The number of benzene rings is 1. The number of rotatable bonds is 4. The molecule has 1 unspecified atom stereocenters. The van der Waals surface area contributed by atoms with Gasteiger partial charge in [0.1, 0.15) is 0 Å². The first-order valence-electron chi connectivity index (χ1n) is 8.48. The highest BCUT2D eigenvalue weighted by Gasteiger charge is 2.20. The van der Waals surface area contributed by atoms with Gasteiger partial charge >= 0.3 is 6.03 Å². The average molecular weight is 332 g/mol. The molecule has 2 heterocycles. The van der Waals surface area contributed by atoms with Crippen LogP contribution in [-0.2, 0) is 9.53 Å². The summed E-state index contributed by atoms with van der Waals surface area (Å²) in [5, 5.41) is 9.04. The Morgan fingerprint density at radius 3 is 2.54 bits per heavy atom. The molecule has 1 aromatic carbocycles. The van der Waals surface area contributed by atoms with Crippen molar-refractivity contribution in [3.05, 3.63) is 24.3 Å². The number of morpholine rings is 1. The highest BCUT2D eigenvalue weighted by atomic mass is 16.5. The Hall–Kier alpha value is -2.12. The summed E-state index contributed by atoms with van der Waals surface area (Å²) in [5.41, 5.74) is 1.24. The number of para-hydroxylation sites is 2. The van der Waals surface area contributed by atoms with Gasteiger partial charge in [-0.25, -0.2) is 4.79 Å². The molecule has 0 bridgehead atoms. The average Bonchev–Trinajstić information content (AvgIpc) is 3.12. The predicted molar refractivity (Wildman–Crippen MR) is 92.1 cm³/mol. The van der Waals surface area contributed by atoms with Gasteiger partial charge in [-0.15, -0.1) is 0 Å². The van der Waals surface area contributed by atoms with Crippen LogP contribution in [0.4, 0.5) is 16.2 Å². The van der Waals surface area contributed by atoms with Crippen molar-refractivity contribution >= 4 is 23.3 Å². The maximum Gasteiger partial charge on any atom is 0.321 e. The van der Waals surface area contributed by atoms with E-state index in [1.165, 1.54) is 0 Å². The topological polar surface area (TPSA) is 82.7 Å². The Kier molecular flexibility index (Phi) is 5.66. The third-order valence-corrected chi connectivity index (χ3v) is 4.27. The van der Waals surface area contributed by atoms with E-state index in [-0.39, 0.29) is 18.0 Å². The molecule has 3 amide bonds. The summed E-state index contributed by atoms with van der Waals surface area (Å²) >= 11 is 0. The Morgan fingerprint density at radius 1 is 1.17 bits per heavy atom. The van der Waals surface area contributed by atoms with E-state index in [1.807, 2.05) is 12.1 Å². The second-order valence-corrected chi connectivity index (χ2v) is 6.15. The van der Waals surface area contributed by atoms with Crippen molar-refractivity contribution in [2.24, 2.45) is 0 Å². The van der Waals surface area contributed by atoms with Crippen LogP contribution in [0.3, 0.4) is 0 Å². The fraction of sp³-hybridized carbons (Fsp3) is 0.529. The second-order valence-electron chi connectivity index (χ2n) is 6.15. The third kappa shape index (κ3) is 4.46. The normalized spacial score (nSPS) is 20.7. The Labute approximate surface area is 141 Å². The SMILES string of the molecule is O=C(CC1COCCN1)Nc1ccccc1NC(=O)N1CCCC1. The first-order valence-corrected chi connectivity index (χ1v) is 8.48. The molecule has 1 aromatic rings. The molecular formula is C17H24N4O3. The van der Waals surface area contributed by atoms with E-state index in [0.29, 0.717) is 31.0 Å². The number of nitrogens with one attached hydrogen (secondary N) is 3. The molecule has 0 aliphatic carbocycles. The summed E-state index contributed by atoms with van der Waals surface area (Å²) in [7, 11) is 0. The molecular weight excluding hydrogens is 308 g/mol. The third-order valence-electron chi connectivity index (χ3n) is 4.27. The Morgan fingerprint density at radius 2 is 1.88 bits per heavy atom. The summed E-state index contributed by atoms with van der Waals surface area (Å²) in [6.45, 7) is 3.56. The van der Waals surface area contributed by atoms with Crippen LogP contribution < -0.4 is 16.0 Å². The molecule has 0 saturated carbocycles. The van der Waals surface area contributed by atoms with Crippen molar-refractivity contribution in [2.45, 2.75) is 25.3 Å². The van der Waals surface area contributed by atoms with Crippen molar-refractivity contribution in [1.29, 1.82) is 0 Å². The van der Waals surface area contributed by atoms with Crippen LogP contribution >= 0.6 is 0 Å². The van der Waals surface area contributed by atoms with Gasteiger partial charge in [0, 0.05) is 32.1 Å². The minimum atomic E-state index is -0.114. The van der Waals surface area contributed by atoms with E-state index in [2.05, 4.69) is 16.0 Å². The van der Waals surface area contributed by atoms with Crippen molar-refractivity contribution in [1.82, 2.24) is 10.2 Å². The molecule has 3 N–H and O–H groups in total. The molecule has 2 aliphatic heterocycles. The van der Waals surface area contributed by atoms with Crippen LogP contribution in [0.15, 0.2) is 24.3 Å². The highest BCUT2D eigenvalue weighted by Crippen LogP contribution is 2.22. The van der Waals surface area contributed by atoms with Gasteiger partial charge in [-0.05, 0) is 25.0 Å². The monoisotopic (exact) mass is 332 g/mol. The number of nitrogens with zero attached hydrogens (tertiary/aromatic N) is 1. The van der Waals surface area contributed by atoms with Gasteiger partial charge in [-0.2, -0.15) is 0 Å². The van der Waals surface area contributed by atoms with Gasteiger partial charge < -0.3 is 25.6 Å². The summed E-state index contributed by atoms with van der Waals surface area (Å²) in [6.07, 6.45) is 2.43. The zero-order chi connectivity index (χ0) is 16.8. The first kappa shape index (κ1) is 16.7. The summed E-state index contributed by atoms with van der Waals surface area (Å²) in [5.74, 6) is -0.0964. The van der Waals surface area contributed by atoms with Gasteiger partial charge in [-0.1, -0.05) is 12.1 Å². The predicted octanol–water partition coefficient (Wildman–Crippen LogP) is 1.63. The minimum absolute atomic E-state index is 0.0325. The molecule has 0 spiro atoms. The molecule has 2 fully saturated rings. The molecule has 2 saturated heterocycles. The van der Waals surface area contributed by atoms with Crippen molar-refractivity contribution in [2.75, 3.05) is 43.5 Å². The number of urea groups is 1. The zero-order valence-electron chi connectivity index (χ0n) is 13.7. The van der Waals surface area contributed by atoms with Crippen LogP contribution in [0.25, 0.3) is 0 Å². The molecule has 0 aromatic heterocycles. The number of carbonyl (C=O) groups is 2. The Balaban J connectivity index is 1.58. The van der Waals surface area contributed by atoms with E-state index in [9.17, 15) is 9.59 Å². The molecule has 2 aliphatic rings. The molecule has 130 valence electrons. The lowest BCUT2D eigenvalue weighted by Crippen LogP contribution is -2.43. The highest BCUT2D eigenvalue weighted by molar-refractivity contribution is 5.99.